The number of benzene rings is 1. The second-order valence-electron chi connectivity index (χ2n) is 3.37. The number of rotatable bonds is 4. The summed E-state index contributed by atoms with van der Waals surface area (Å²) in [5, 5.41) is 0.522. The van der Waals surface area contributed by atoms with Crippen LogP contribution in [0.3, 0.4) is 0 Å². The summed E-state index contributed by atoms with van der Waals surface area (Å²) in [4.78, 5) is 11.3. The number of methoxy groups -OCH3 is 2. The van der Waals surface area contributed by atoms with Gasteiger partial charge in [0.15, 0.2) is 0 Å². The van der Waals surface area contributed by atoms with E-state index in [-0.39, 0.29) is 5.97 Å². The van der Waals surface area contributed by atoms with Crippen LogP contribution in [0.1, 0.15) is 18.9 Å². The van der Waals surface area contributed by atoms with Crippen LogP contribution in [-0.2, 0) is 9.53 Å². The van der Waals surface area contributed by atoms with Gasteiger partial charge in [0, 0.05) is 11.6 Å². The number of esters is 1. The van der Waals surface area contributed by atoms with Gasteiger partial charge in [-0.05, 0) is 18.1 Å². The second kappa shape index (κ2) is 6.30. The maximum atomic E-state index is 11.3. The Bertz CT molecular complexity index is 438. The van der Waals surface area contributed by atoms with Gasteiger partial charge in [-0.25, -0.2) is 4.79 Å². The van der Waals surface area contributed by atoms with Gasteiger partial charge in [-0.15, -0.1) is 0 Å². The van der Waals surface area contributed by atoms with E-state index in [1.165, 1.54) is 13.2 Å². The molecular weight excluding hydrogens is 240 g/mol. The van der Waals surface area contributed by atoms with Crippen molar-refractivity contribution in [3.8, 4) is 5.75 Å². The standard InChI is InChI=1S/C13H15ClO3/c1-4-9(8-12(15)16-2)10-6-5-7-11(14)13(10)17-3/h5-8H,4H2,1-3H3/b9-8+. The number of para-hydroxylation sites is 1. The summed E-state index contributed by atoms with van der Waals surface area (Å²) < 4.78 is 9.87. The summed E-state index contributed by atoms with van der Waals surface area (Å²) >= 11 is 6.03. The molecule has 0 aliphatic heterocycles. The predicted octanol–water partition coefficient (Wildman–Crippen LogP) is 3.32. The number of carbonyl (C=O) groups is 1. The Morgan fingerprint density at radius 1 is 1.41 bits per heavy atom. The van der Waals surface area contributed by atoms with Crippen LogP contribution in [0, 0.1) is 0 Å². The molecular formula is C13H15ClO3. The van der Waals surface area contributed by atoms with E-state index in [2.05, 4.69) is 4.74 Å². The molecule has 0 atom stereocenters. The molecule has 4 heteroatoms. The van der Waals surface area contributed by atoms with Crippen molar-refractivity contribution in [3.05, 3.63) is 34.9 Å². The third-order valence-electron chi connectivity index (χ3n) is 2.39. The monoisotopic (exact) mass is 254 g/mol. The third-order valence-corrected chi connectivity index (χ3v) is 2.69. The lowest BCUT2D eigenvalue weighted by atomic mass is 10.0. The Hall–Kier alpha value is -1.48. The van der Waals surface area contributed by atoms with Crippen LogP contribution in [-0.4, -0.2) is 20.2 Å². The van der Waals surface area contributed by atoms with Crippen LogP contribution in [0.4, 0.5) is 0 Å². The molecule has 3 nitrogen and oxygen atoms in total. The van der Waals surface area contributed by atoms with E-state index in [1.807, 2.05) is 19.1 Å². The zero-order valence-corrected chi connectivity index (χ0v) is 10.9. The molecule has 1 aromatic carbocycles. The number of carbonyl (C=O) groups excluding carboxylic acids is 1. The van der Waals surface area contributed by atoms with Crippen LogP contribution in [0.15, 0.2) is 24.3 Å². The fourth-order valence-corrected chi connectivity index (χ4v) is 1.79. The molecule has 0 saturated heterocycles. The normalized spacial score (nSPS) is 11.2. The molecule has 0 saturated carbocycles. The van der Waals surface area contributed by atoms with Gasteiger partial charge in [0.2, 0.25) is 0 Å². The Morgan fingerprint density at radius 2 is 2.12 bits per heavy atom. The van der Waals surface area contributed by atoms with Crippen molar-refractivity contribution in [2.75, 3.05) is 14.2 Å². The molecule has 17 heavy (non-hydrogen) atoms. The first-order valence-electron chi connectivity index (χ1n) is 5.25. The number of allylic oxidation sites excluding steroid dienone is 1. The molecule has 0 aromatic heterocycles. The summed E-state index contributed by atoms with van der Waals surface area (Å²) in [7, 11) is 2.90. The highest BCUT2D eigenvalue weighted by Gasteiger charge is 2.11. The zero-order chi connectivity index (χ0) is 12.8. The highest BCUT2D eigenvalue weighted by atomic mass is 35.5. The Kier molecular flexibility index (Phi) is 5.04. The highest BCUT2D eigenvalue weighted by molar-refractivity contribution is 6.32. The first-order valence-corrected chi connectivity index (χ1v) is 5.63. The molecule has 0 N–H and O–H groups in total. The largest absolute Gasteiger partial charge is 0.495 e. The van der Waals surface area contributed by atoms with Gasteiger partial charge in [-0.2, -0.15) is 0 Å². The maximum absolute atomic E-state index is 11.3. The van der Waals surface area contributed by atoms with E-state index in [0.717, 1.165) is 11.1 Å². The minimum absolute atomic E-state index is 0.385. The van der Waals surface area contributed by atoms with Crippen molar-refractivity contribution in [1.29, 1.82) is 0 Å². The fraction of sp³-hybridized carbons (Fsp3) is 0.308. The molecule has 0 bridgehead atoms. The van der Waals surface area contributed by atoms with E-state index in [4.69, 9.17) is 16.3 Å². The van der Waals surface area contributed by atoms with Gasteiger partial charge in [0.1, 0.15) is 5.75 Å². The van der Waals surface area contributed by atoms with Gasteiger partial charge in [0.25, 0.3) is 0 Å². The number of halogens is 1. The molecule has 0 unspecified atom stereocenters. The van der Waals surface area contributed by atoms with Gasteiger partial charge in [-0.3, -0.25) is 0 Å². The van der Waals surface area contributed by atoms with E-state index >= 15 is 0 Å². The van der Waals surface area contributed by atoms with Gasteiger partial charge in [-0.1, -0.05) is 30.7 Å². The van der Waals surface area contributed by atoms with Crippen LogP contribution < -0.4 is 4.74 Å². The average Bonchev–Trinajstić information content (AvgIpc) is 2.35. The summed E-state index contributed by atoms with van der Waals surface area (Å²) in [6.45, 7) is 1.95. The van der Waals surface area contributed by atoms with E-state index in [9.17, 15) is 4.79 Å². The molecule has 1 aromatic rings. The molecule has 0 spiro atoms. The third kappa shape index (κ3) is 3.24. The van der Waals surface area contributed by atoms with Gasteiger partial charge >= 0.3 is 5.97 Å². The first kappa shape index (κ1) is 13.6. The van der Waals surface area contributed by atoms with Crippen LogP contribution in [0.25, 0.3) is 5.57 Å². The molecule has 0 radical (unpaired) electrons. The SMILES string of the molecule is CC/C(=C\C(=O)OC)c1cccc(Cl)c1OC. The minimum Gasteiger partial charge on any atom is -0.495 e. The second-order valence-corrected chi connectivity index (χ2v) is 3.77. The van der Waals surface area contributed by atoms with E-state index < -0.39 is 0 Å². The Balaban J connectivity index is 3.25. The number of hydrogen-bond donors (Lipinski definition) is 0. The molecule has 0 amide bonds. The first-order chi connectivity index (χ1) is 8.13. The van der Waals surface area contributed by atoms with Gasteiger partial charge in [0.05, 0.1) is 19.2 Å². The average molecular weight is 255 g/mol. The van der Waals surface area contributed by atoms with E-state index in [1.54, 1.807) is 13.2 Å². The molecule has 0 heterocycles. The summed E-state index contributed by atoms with van der Waals surface area (Å²) in [6, 6.07) is 5.43. The number of hydrogen-bond acceptors (Lipinski definition) is 3. The predicted molar refractivity (Wildman–Crippen MR) is 68.3 cm³/mol. The Morgan fingerprint density at radius 3 is 2.65 bits per heavy atom. The lowest BCUT2D eigenvalue weighted by molar-refractivity contribution is -0.134. The van der Waals surface area contributed by atoms with Crippen LogP contribution in [0.2, 0.25) is 5.02 Å². The molecule has 0 aliphatic rings. The summed E-state index contributed by atoms with van der Waals surface area (Å²) in [6.07, 6.45) is 2.14. The molecule has 0 fully saturated rings. The topological polar surface area (TPSA) is 35.5 Å². The van der Waals surface area contributed by atoms with Crippen LogP contribution >= 0.6 is 11.6 Å². The van der Waals surface area contributed by atoms with Crippen molar-refractivity contribution in [1.82, 2.24) is 0 Å². The quantitative estimate of drug-likeness (QED) is 0.611. The zero-order valence-electron chi connectivity index (χ0n) is 10.1. The smallest absolute Gasteiger partial charge is 0.330 e. The van der Waals surface area contributed by atoms with E-state index in [0.29, 0.717) is 17.2 Å². The molecule has 1 rings (SSSR count). The van der Waals surface area contributed by atoms with Crippen molar-refractivity contribution in [2.24, 2.45) is 0 Å². The molecule has 0 aliphatic carbocycles. The summed E-state index contributed by atoms with van der Waals surface area (Å²) in [5.41, 5.74) is 1.64. The van der Waals surface area contributed by atoms with Crippen molar-refractivity contribution in [2.45, 2.75) is 13.3 Å². The lowest BCUT2D eigenvalue weighted by Gasteiger charge is -2.11. The maximum Gasteiger partial charge on any atom is 0.330 e. The van der Waals surface area contributed by atoms with Gasteiger partial charge < -0.3 is 9.47 Å². The van der Waals surface area contributed by atoms with Crippen molar-refractivity contribution >= 4 is 23.1 Å². The molecule has 92 valence electrons. The highest BCUT2D eigenvalue weighted by Crippen LogP contribution is 2.34. The minimum atomic E-state index is -0.385. The van der Waals surface area contributed by atoms with Crippen LogP contribution in [0.5, 0.6) is 5.75 Å². The fourth-order valence-electron chi connectivity index (χ4n) is 1.54. The lowest BCUT2D eigenvalue weighted by Crippen LogP contribution is -1.98. The summed E-state index contributed by atoms with van der Waals surface area (Å²) in [5.74, 6) is 0.190. The van der Waals surface area contributed by atoms with Crippen molar-refractivity contribution < 1.29 is 14.3 Å². The van der Waals surface area contributed by atoms with Crippen molar-refractivity contribution in [3.63, 3.8) is 0 Å². The number of ether oxygens (including phenoxy) is 2. The Labute approximate surface area is 106 Å².